The molecule has 2 aromatic heterocycles. The molecule has 0 unspecified atom stereocenters. The van der Waals surface area contributed by atoms with Gasteiger partial charge >= 0.3 is 6.09 Å². The van der Waals surface area contributed by atoms with Gasteiger partial charge in [0.1, 0.15) is 11.4 Å². The molecular formula is C22H33BrN4O3. The highest BCUT2D eigenvalue weighted by Crippen LogP contribution is 2.22. The molecule has 1 amide bonds. The SMILES string of the molecule is Cn1cc(Br)c2cnc(NCCCCCCCCNC(=O)OC(C)(C)C)cc2c1=O. The number of aryl methyl sites for hydroxylation is 1. The maximum Gasteiger partial charge on any atom is 0.407 e. The first-order chi connectivity index (χ1) is 14.2. The van der Waals surface area contributed by atoms with Crippen LogP contribution < -0.4 is 16.2 Å². The van der Waals surface area contributed by atoms with Crippen LogP contribution in [0.2, 0.25) is 0 Å². The fourth-order valence-electron chi connectivity index (χ4n) is 3.09. The lowest BCUT2D eigenvalue weighted by atomic mass is 10.1. The number of nitrogens with one attached hydrogen (secondary N) is 2. The van der Waals surface area contributed by atoms with Gasteiger partial charge in [-0.2, -0.15) is 0 Å². The van der Waals surface area contributed by atoms with Gasteiger partial charge in [-0.15, -0.1) is 0 Å². The molecule has 0 radical (unpaired) electrons. The van der Waals surface area contributed by atoms with Crippen molar-refractivity contribution in [1.29, 1.82) is 0 Å². The van der Waals surface area contributed by atoms with Gasteiger partial charge in [0.2, 0.25) is 0 Å². The van der Waals surface area contributed by atoms with Gasteiger partial charge < -0.3 is 19.9 Å². The number of carbonyl (C=O) groups excluding carboxylic acids is 1. The minimum atomic E-state index is -0.452. The van der Waals surface area contributed by atoms with Crippen molar-refractivity contribution in [1.82, 2.24) is 14.9 Å². The van der Waals surface area contributed by atoms with E-state index in [2.05, 4.69) is 31.5 Å². The summed E-state index contributed by atoms with van der Waals surface area (Å²) in [5, 5.41) is 7.58. The number of halogens is 1. The molecular weight excluding hydrogens is 448 g/mol. The summed E-state index contributed by atoms with van der Waals surface area (Å²) < 4.78 is 7.63. The zero-order chi connectivity index (χ0) is 22.1. The van der Waals surface area contributed by atoms with Crippen LogP contribution in [-0.4, -0.2) is 34.3 Å². The molecule has 0 bridgehead atoms. The van der Waals surface area contributed by atoms with Crippen molar-refractivity contribution in [2.24, 2.45) is 7.05 Å². The van der Waals surface area contributed by atoms with Crippen LogP contribution in [0.1, 0.15) is 59.3 Å². The number of unbranched alkanes of at least 4 members (excludes halogenated alkanes) is 5. The number of alkyl carbamates (subject to hydrolysis) is 1. The number of ether oxygens (including phenoxy) is 1. The summed E-state index contributed by atoms with van der Waals surface area (Å²) in [4.78, 5) is 28.3. The van der Waals surface area contributed by atoms with Crippen molar-refractivity contribution in [3.63, 3.8) is 0 Å². The first kappa shape index (κ1) is 24.2. The molecule has 2 aromatic rings. The van der Waals surface area contributed by atoms with Crippen LogP contribution in [0, 0.1) is 0 Å². The van der Waals surface area contributed by atoms with E-state index in [1.165, 1.54) is 0 Å². The molecule has 30 heavy (non-hydrogen) atoms. The summed E-state index contributed by atoms with van der Waals surface area (Å²) in [6.45, 7) is 7.06. The minimum absolute atomic E-state index is 0.0280. The maximum atomic E-state index is 12.3. The zero-order valence-corrected chi connectivity index (χ0v) is 20.0. The normalized spacial score (nSPS) is 11.5. The number of fused-ring (bicyclic) bond motifs is 1. The van der Waals surface area contributed by atoms with E-state index in [0.717, 1.165) is 60.7 Å². The van der Waals surface area contributed by atoms with Crippen molar-refractivity contribution < 1.29 is 9.53 Å². The summed E-state index contributed by atoms with van der Waals surface area (Å²) in [6.07, 6.45) is 9.68. The average molecular weight is 481 g/mol. The van der Waals surface area contributed by atoms with Crippen molar-refractivity contribution in [2.75, 3.05) is 18.4 Å². The zero-order valence-electron chi connectivity index (χ0n) is 18.4. The Balaban J connectivity index is 1.59. The van der Waals surface area contributed by atoms with Gasteiger partial charge in [-0.1, -0.05) is 25.7 Å². The van der Waals surface area contributed by atoms with Crippen molar-refractivity contribution >= 4 is 38.6 Å². The van der Waals surface area contributed by atoms with E-state index < -0.39 is 5.60 Å². The van der Waals surface area contributed by atoms with E-state index in [1.807, 2.05) is 26.8 Å². The van der Waals surface area contributed by atoms with Gasteiger partial charge in [0.25, 0.3) is 5.56 Å². The lowest BCUT2D eigenvalue weighted by Crippen LogP contribution is -2.32. The number of hydrogen-bond donors (Lipinski definition) is 2. The Morgan fingerprint density at radius 3 is 2.40 bits per heavy atom. The van der Waals surface area contributed by atoms with E-state index in [-0.39, 0.29) is 11.7 Å². The van der Waals surface area contributed by atoms with Crippen molar-refractivity contribution in [2.45, 2.75) is 64.9 Å². The fraction of sp³-hybridized carbons (Fsp3) is 0.591. The van der Waals surface area contributed by atoms with Gasteiger partial charge in [-0.05, 0) is 55.6 Å². The Bertz CT molecular complexity index is 906. The summed E-state index contributed by atoms with van der Waals surface area (Å²) in [5.41, 5.74) is -0.480. The van der Waals surface area contributed by atoms with Crippen LogP contribution in [-0.2, 0) is 11.8 Å². The molecule has 0 aliphatic rings. The molecule has 7 nitrogen and oxygen atoms in total. The summed E-state index contributed by atoms with van der Waals surface area (Å²) in [7, 11) is 1.74. The first-order valence-corrected chi connectivity index (χ1v) is 11.3. The van der Waals surface area contributed by atoms with Crippen LogP contribution in [0.4, 0.5) is 10.6 Å². The lowest BCUT2D eigenvalue weighted by molar-refractivity contribution is 0.0527. The number of aromatic nitrogens is 2. The average Bonchev–Trinajstić information content (AvgIpc) is 2.66. The molecule has 0 fully saturated rings. The highest BCUT2D eigenvalue weighted by molar-refractivity contribution is 9.10. The van der Waals surface area contributed by atoms with Crippen LogP contribution in [0.3, 0.4) is 0 Å². The standard InChI is InChI=1S/C22H33BrN4O3/c1-22(2,3)30-21(29)25-12-10-8-6-5-7-9-11-24-19-13-16-17(14-26-19)18(23)15-27(4)20(16)28/h13-15H,5-12H2,1-4H3,(H,24,26)(H,25,29). The molecule has 0 aliphatic carbocycles. The second kappa shape index (κ2) is 11.3. The van der Waals surface area contributed by atoms with Crippen LogP contribution in [0.15, 0.2) is 27.7 Å². The smallest absolute Gasteiger partial charge is 0.407 e. The number of pyridine rings is 2. The highest BCUT2D eigenvalue weighted by atomic mass is 79.9. The van der Waals surface area contributed by atoms with Crippen LogP contribution in [0.5, 0.6) is 0 Å². The Kier molecular flexibility index (Phi) is 9.14. The van der Waals surface area contributed by atoms with Crippen LogP contribution >= 0.6 is 15.9 Å². The third-order valence-corrected chi connectivity index (χ3v) is 5.23. The molecule has 2 rings (SSSR count). The second-order valence-corrected chi connectivity index (χ2v) is 9.34. The van der Waals surface area contributed by atoms with Gasteiger partial charge in [-0.25, -0.2) is 9.78 Å². The Hall–Kier alpha value is -2.09. The number of anilines is 1. The molecule has 0 atom stereocenters. The quantitative estimate of drug-likeness (QED) is 0.468. The number of amides is 1. The Morgan fingerprint density at radius 1 is 1.10 bits per heavy atom. The number of nitrogens with zero attached hydrogens (tertiary/aromatic N) is 2. The molecule has 8 heteroatoms. The van der Waals surface area contributed by atoms with Gasteiger partial charge in [0.05, 0.1) is 5.39 Å². The molecule has 0 spiro atoms. The molecule has 166 valence electrons. The fourth-order valence-corrected chi connectivity index (χ4v) is 3.71. The summed E-state index contributed by atoms with van der Waals surface area (Å²) >= 11 is 3.48. The van der Waals surface area contributed by atoms with Crippen LogP contribution in [0.25, 0.3) is 10.8 Å². The molecule has 0 aliphatic heterocycles. The van der Waals surface area contributed by atoms with E-state index in [0.29, 0.717) is 11.9 Å². The third-order valence-electron chi connectivity index (χ3n) is 4.60. The molecule has 0 saturated heterocycles. The van der Waals surface area contributed by atoms with Crippen molar-refractivity contribution in [3.05, 3.63) is 33.3 Å². The first-order valence-electron chi connectivity index (χ1n) is 10.5. The number of hydrogen-bond acceptors (Lipinski definition) is 5. The van der Waals surface area contributed by atoms with E-state index in [9.17, 15) is 9.59 Å². The van der Waals surface area contributed by atoms with E-state index in [4.69, 9.17) is 4.74 Å². The Labute approximate surface area is 186 Å². The summed E-state index contributed by atoms with van der Waals surface area (Å²) in [6, 6.07) is 1.82. The maximum absolute atomic E-state index is 12.3. The minimum Gasteiger partial charge on any atom is -0.444 e. The lowest BCUT2D eigenvalue weighted by Gasteiger charge is -2.19. The predicted octanol–water partition coefficient (Wildman–Crippen LogP) is 4.97. The molecule has 2 N–H and O–H groups in total. The number of rotatable bonds is 10. The van der Waals surface area contributed by atoms with Gasteiger partial charge in [0.15, 0.2) is 0 Å². The van der Waals surface area contributed by atoms with Gasteiger partial charge in [0, 0.05) is 42.4 Å². The molecule has 0 aromatic carbocycles. The van der Waals surface area contributed by atoms with E-state index in [1.54, 1.807) is 24.0 Å². The van der Waals surface area contributed by atoms with Crippen molar-refractivity contribution in [3.8, 4) is 0 Å². The Morgan fingerprint density at radius 2 is 1.73 bits per heavy atom. The largest absolute Gasteiger partial charge is 0.444 e. The van der Waals surface area contributed by atoms with E-state index >= 15 is 0 Å². The third kappa shape index (κ3) is 7.97. The molecule has 0 saturated carbocycles. The topological polar surface area (TPSA) is 85.2 Å². The molecule has 2 heterocycles. The number of carbonyl (C=O) groups is 1. The predicted molar refractivity (Wildman–Crippen MR) is 125 cm³/mol. The monoisotopic (exact) mass is 480 g/mol. The second-order valence-electron chi connectivity index (χ2n) is 8.48. The highest BCUT2D eigenvalue weighted by Gasteiger charge is 2.15. The summed E-state index contributed by atoms with van der Waals surface area (Å²) in [5.74, 6) is 0.728. The van der Waals surface area contributed by atoms with Gasteiger partial charge in [-0.3, -0.25) is 4.79 Å².